The van der Waals surface area contributed by atoms with E-state index >= 15 is 0 Å². The van der Waals surface area contributed by atoms with Crippen LogP contribution in [-0.2, 0) is 4.79 Å². The molecule has 0 aromatic heterocycles. The van der Waals surface area contributed by atoms with Crippen molar-refractivity contribution in [3.05, 3.63) is 0 Å². The Morgan fingerprint density at radius 3 is 2.12 bits per heavy atom. The molecule has 0 heterocycles. The van der Waals surface area contributed by atoms with E-state index < -0.39 is 0 Å². The summed E-state index contributed by atoms with van der Waals surface area (Å²) in [4.78, 5) is 11.7. The minimum absolute atomic E-state index is 0.123. The first-order valence-corrected chi connectivity index (χ1v) is 6.40. The van der Waals surface area contributed by atoms with E-state index in [0.29, 0.717) is 24.8 Å². The molecule has 3 nitrogen and oxygen atoms in total. The average Bonchev–Trinajstić information content (AvgIpc) is 2.25. The Kier molecular flexibility index (Phi) is 6.65. The van der Waals surface area contributed by atoms with E-state index in [9.17, 15) is 4.79 Å². The highest BCUT2D eigenvalue weighted by Crippen LogP contribution is 2.14. The molecule has 1 unspecified atom stereocenters. The minimum atomic E-state index is -0.239. The normalized spacial score (nSPS) is 13.9. The van der Waals surface area contributed by atoms with Gasteiger partial charge in [0, 0.05) is 18.5 Å². The summed E-state index contributed by atoms with van der Waals surface area (Å²) < 4.78 is 0. The molecule has 0 radical (unpaired) electrons. The van der Waals surface area contributed by atoms with Gasteiger partial charge < -0.3 is 11.1 Å². The van der Waals surface area contributed by atoms with Gasteiger partial charge in [0.2, 0.25) is 5.91 Å². The van der Waals surface area contributed by atoms with Gasteiger partial charge in [-0.05, 0) is 24.7 Å². The predicted molar refractivity (Wildman–Crippen MR) is 69.1 cm³/mol. The molecular weight excluding hydrogens is 200 g/mol. The van der Waals surface area contributed by atoms with Crippen LogP contribution in [0.4, 0.5) is 0 Å². The van der Waals surface area contributed by atoms with E-state index in [1.54, 1.807) is 0 Å². The zero-order chi connectivity index (χ0) is 12.8. The van der Waals surface area contributed by atoms with Gasteiger partial charge in [0.25, 0.3) is 0 Å². The summed E-state index contributed by atoms with van der Waals surface area (Å²) >= 11 is 0. The number of hydrogen-bond acceptors (Lipinski definition) is 2. The molecule has 0 aliphatic heterocycles. The molecule has 0 bridgehead atoms. The molecule has 0 saturated heterocycles. The summed E-state index contributed by atoms with van der Waals surface area (Å²) in [6.07, 6.45) is 2.38. The van der Waals surface area contributed by atoms with Crippen LogP contribution >= 0.6 is 0 Å². The molecule has 3 heteroatoms. The Balaban J connectivity index is 3.98. The molecule has 3 N–H and O–H groups in total. The van der Waals surface area contributed by atoms with E-state index in [2.05, 4.69) is 39.9 Å². The monoisotopic (exact) mass is 228 g/mol. The molecule has 0 aromatic carbocycles. The van der Waals surface area contributed by atoms with Crippen molar-refractivity contribution in [1.82, 2.24) is 5.32 Å². The Labute approximate surface area is 100 Å². The third-order valence-corrected chi connectivity index (χ3v) is 3.69. The topological polar surface area (TPSA) is 55.1 Å². The molecule has 1 amide bonds. The largest absolute Gasteiger partial charge is 0.354 e. The van der Waals surface area contributed by atoms with Gasteiger partial charge in [-0.15, -0.1) is 0 Å². The number of carbonyl (C=O) groups is 1. The SMILES string of the molecule is CCC(N)(CC)CNC(=O)CC(C)C(C)C. The molecule has 0 rings (SSSR count). The van der Waals surface area contributed by atoms with Crippen LogP contribution in [0.3, 0.4) is 0 Å². The van der Waals surface area contributed by atoms with Crippen molar-refractivity contribution in [2.75, 3.05) is 6.54 Å². The van der Waals surface area contributed by atoms with Gasteiger partial charge >= 0.3 is 0 Å². The first kappa shape index (κ1) is 15.4. The first-order chi connectivity index (χ1) is 7.34. The fourth-order valence-electron chi connectivity index (χ4n) is 1.37. The Morgan fingerprint density at radius 1 is 1.25 bits per heavy atom. The summed E-state index contributed by atoms with van der Waals surface area (Å²) in [5.74, 6) is 1.10. The summed E-state index contributed by atoms with van der Waals surface area (Å²) in [6, 6.07) is 0. The van der Waals surface area contributed by atoms with Crippen LogP contribution in [0.2, 0.25) is 0 Å². The summed E-state index contributed by atoms with van der Waals surface area (Å²) in [6.45, 7) is 11.1. The third-order valence-electron chi connectivity index (χ3n) is 3.69. The zero-order valence-corrected chi connectivity index (χ0v) is 11.5. The van der Waals surface area contributed by atoms with Crippen LogP contribution in [0, 0.1) is 11.8 Å². The van der Waals surface area contributed by atoms with Crippen molar-refractivity contribution in [1.29, 1.82) is 0 Å². The van der Waals surface area contributed by atoms with Crippen LogP contribution in [0.15, 0.2) is 0 Å². The number of carbonyl (C=O) groups excluding carboxylic acids is 1. The molecule has 0 aliphatic rings. The van der Waals surface area contributed by atoms with Crippen LogP contribution in [-0.4, -0.2) is 18.0 Å². The second kappa shape index (κ2) is 6.89. The maximum atomic E-state index is 11.7. The summed E-state index contributed by atoms with van der Waals surface area (Å²) in [5.41, 5.74) is 5.88. The van der Waals surface area contributed by atoms with Crippen molar-refractivity contribution in [2.45, 2.75) is 59.4 Å². The van der Waals surface area contributed by atoms with Gasteiger partial charge in [0.1, 0.15) is 0 Å². The summed E-state index contributed by atoms with van der Waals surface area (Å²) in [5, 5.41) is 2.95. The average molecular weight is 228 g/mol. The molecule has 0 aromatic rings. The number of nitrogens with one attached hydrogen (secondary N) is 1. The highest BCUT2D eigenvalue weighted by atomic mass is 16.1. The fraction of sp³-hybridized carbons (Fsp3) is 0.923. The molecule has 16 heavy (non-hydrogen) atoms. The van der Waals surface area contributed by atoms with Crippen molar-refractivity contribution < 1.29 is 4.79 Å². The van der Waals surface area contributed by atoms with E-state index in [0.717, 1.165) is 12.8 Å². The lowest BCUT2D eigenvalue weighted by atomic mass is 9.92. The molecular formula is C13H28N2O. The van der Waals surface area contributed by atoms with E-state index in [-0.39, 0.29) is 11.4 Å². The number of hydrogen-bond donors (Lipinski definition) is 2. The van der Waals surface area contributed by atoms with Crippen LogP contribution < -0.4 is 11.1 Å². The van der Waals surface area contributed by atoms with Gasteiger partial charge in [-0.1, -0.05) is 34.6 Å². The Hall–Kier alpha value is -0.570. The van der Waals surface area contributed by atoms with Gasteiger partial charge in [-0.3, -0.25) is 4.79 Å². The van der Waals surface area contributed by atoms with E-state index in [4.69, 9.17) is 5.73 Å². The van der Waals surface area contributed by atoms with Crippen LogP contribution in [0.5, 0.6) is 0 Å². The van der Waals surface area contributed by atoms with E-state index in [1.165, 1.54) is 0 Å². The van der Waals surface area contributed by atoms with Crippen molar-refractivity contribution in [3.8, 4) is 0 Å². The standard InChI is InChI=1S/C13H28N2O/c1-6-13(14,7-2)9-15-12(16)8-11(5)10(3)4/h10-11H,6-9,14H2,1-5H3,(H,15,16). The molecule has 0 saturated carbocycles. The van der Waals surface area contributed by atoms with Crippen molar-refractivity contribution in [2.24, 2.45) is 17.6 Å². The lowest BCUT2D eigenvalue weighted by Gasteiger charge is -2.27. The molecule has 96 valence electrons. The zero-order valence-electron chi connectivity index (χ0n) is 11.5. The summed E-state index contributed by atoms with van der Waals surface area (Å²) in [7, 11) is 0. The second-order valence-electron chi connectivity index (χ2n) is 5.27. The van der Waals surface area contributed by atoms with Crippen LogP contribution in [0.25, 0.3) is 0 Å². The first-order valence-electron chi connectivity index (χ1n) is 6.40. The number of nitrogens with two attached hydrogens (primary N) is 1. The minimum Gasteiger partial charge on any atom is -0.354 e. The van der Waals surface area contributed by atoms with Gasteiger partial charge in [0.05, 0.1) is 0 Å². The van der Waals surface area contributed by atoms with Crippen molar-refractivity contribution >= 4 is 5.91 Å². The number of amides is 1. The van der Waals surface area contributed by atoms with Gasteiger partial charge in [-0.25, -0.2) is 0 Å². The second-order valence-corrected chi connectivity index (χ2v) is 5.27. The highest BCUT2D eigenvalue weighted by molar-refractivity contribution is 5.76. The maximum Gasteiger partial charge on any atom is 0.220 e. The highest BCUT2D eigenvalue weighted by Gasteiger charge is 2.21. The Bertz CT molecular complexity index is 210. The molecule has 0 fully saturated rings. The lowest BCUT2D eigenvalue weighted by Crippen LogP contribution is -2.49. The fourth-order valence-corrected chi connectivity index (χ4v) is 1.37. The lowest BCUT2D eigenvalue weighted by molar-refractivity contribution is -0.122. The molecule has 0 spiro atoms. The van der Waals surface area contributed by atoms with Crippen molar-refractivity contribution in [3.63, 3.8) is 0 Å². The van der Waals surface area contributed by atoms with Gasteiger partial charge in [-0.2, -0.15) is 0 Å². The molecule has 0 aliphatic carbocycles. The smallest absolute Gasteiger partial charge is 0.220 e. The third kappa shape index (κ3) is 5.50. The molecule has 1 atom stereocenters. The number of rotatable bonds is 7. The maximum absolute atomic E-state index is 11.7. The quantitative estimate of drug-likeness (QED) is 0.702. The van der Waals surface area contributed by atoms with Gasteiger partial charge in [0.15, 0.2) is 0 Å². The van der Waals surface area contributed by atoms with Crippen LogP contribution in [0.1, 0.15) is 53.9 Å². The predicted octanol–water partition coefficient (Wildman–Crippen LogP) is 2.30. The van der Waals surface area contributed by atoms with E-state index in [1.807, 2.05) is 0 Å². The Morgan fingerprint density at radius 2 is 1.75 bits per heavy atom.